The summed E-state index contributed by atoms with van der Waals surface area (Å²) >= 11 is 0. The van der Waals surface area contributed by atoms with Crippen LogP contribution in [0, 0.1) is 28.6 Å². The summed E-state index contributed by atoms with van der Waals surface area (Å²) in [6, 6.07) is 3.07. The molecule has 3 atom stereocenters. The van der Waals surface area contributed by atoms with Crippen LogP contribution in [0.1, 0.15) is 53.4 Å². The maximum Gasteiger partial charge on any atom is 0.0683 e. The zero-order chi connectivity index (χ0) is 12.2. The van der Waals surface area contributed by atoms with E-state index in [2.05, 4.69) is 25.2 Å². The van der Waals surface area contributed by atoms with Crippen LogP contribution in [0.3, 0.4) is 0 Å². The fraction of sp³-hybridized carbons (Fsp3) is 0.929. The van der Waals surface area contributed by atoms with Crippen molar-refractivity contribution in [1.82, 2.24) is 5.32 Å². The molecule has 16 heavy (non-hydrogen) atoms. The van der Waals surface area contributed by atoms with Crippen molar-refractivity contribution >= 4 is 0 Å². The Kier molecular flexibility index (Phi) is 4.80. The zero-order valence-electron chi connectivity index (χ0n) is 11.2. The highest BCUT2D eigenvalue weighted by Gasteiger charge is 2.29. The first-order valence-electron chi connectivity index (χ1n) is 6.61. The van der Waals surface area contributed by atoms with Crippen LogP contribution in [0.25, 0.3) is 0 Å². The lowest BCUT2D eigenvalue weighted by molar-refractivity contribution is 0.355. The minimum Gasteiger partial charge on any atom is -0.314 e. The van der Waals surface area contributed by atoms with Crippen molar-refractivity contribution in [1.29, 1.82) is 5.26 Å². The molecule has 0 saturated heterocycles. The summed E-state index contributed by atoms with van der Waals surface area (Å²) in [5.41, 5.74) is -0.156. The topological polar surface area (TPSA) is 35.8 Å². The van der Waals surface area contributed by atoms with Crippen LogP contribution in [0.15, 0.2) is 0 Å². The molecule has 0 aromatic carbocycles. The second-order valence-electron chi connectivity index (χ2n) is 6.07. The van der Waals surface area contributed by atoms with Crippen molar-refractivity contribution in [3.05, 3.63) is 0 Å². The summed E-state index contributed by atoms with van der Waals surface area (Å²) in [5.74, 6) is 1.68. The molecule has 2 heteroatoms. The van der Waals surface area contributed by atoms with E-state index in [9.17, 15) is 0 Å². The first kappa shape index (κ1) is 13.5. The van der Waals surface area contributed by atoms with Crippen molar-refractivity contribution in [2.24, 2.45) is 17.3 Å². The average Bonchev–Trinajstić information content (AvgIpc) is 2.56. The Morgan fingerprint density at radius 1 is 1.31 bits per heavy atom. The molecule has 1 saturated carbocycles. The normalized spacial score (nSPS) is 30.3. The smallest absolute Gasteiger partial charge is 0.0683 e. The summed E-state index contributed by atoms with van der Waals surface area (Å²) in [7, 11) is 0. The SMILES string of the molecule is CC1CCC(NCCCC(C)(C)C#N)C1C. The molecular weight excluding hydrogens is 196 g/mol. The Balaban J connectivity index is 2.15. The zero-order valence-corrected chi connectivity index (χ0v) is 11.2. The van der Waals surface area contributed by atoms with Crippen LogP contribution >= 0.6 is 0 Å². The molecule has 0 heterocycles. The van der Waals surface area contributed by atoms with Crippen molar-refractivity contribution in [2.45, 2.75) is 59.4 Å². The molecule has 1 rings (SSSR count). The van der Waals surface area contributed by atoms with Crippen LogP contribution < -0.4 is 5.32 Å². The van der Waals surface area contributed by atoms with Crippen molar-refractivity contribution < 1.29 is 0 Å². The Morgan fingerprint density at radius 2 is 2.00 bits per heavy atom. The van der Waals surface area contributed by atoms with E-state index >= 15 is 0 Å². The molecule has 0 aliphatic heterocycles. The van der Waals surface area contributed by atoms with Gasteiger partial charge in [-0.1, -0.05) is 13.8 Å². The van der Waals surface area contributed by atoms with Gasteiger partial charge in [0.1, 0.15) is 0 Å². The Morgan fingerprint density at radius 3 is 2.50 bits per heavy atom. The molecule has 0 radical (unpaired) electrons. The number of nitriles is 1. The van der Waals surface area contributed by atoms with Gasteiger partial charge in [-0.2, -0.15) is 5.26 Å². The third kappa shape index (κ3) is 3.79. The molecular formula is C14H26N2. The molecule has 0 aromatic heterocycles. The number of nitrogens with one attached hydrogen (secondary N) is 1. The molecule has 1 aliphatic rings. The lowest BCUT2D eigenvalue weighted by Gasteiger charge is -2.21. The fourth-order valence-electron chi connectivity index (χ4n) is 2.53. The minimum atomic E-state index is -0.156. The lowest BCUT2D eigenvalue weighted by atomic mass is 9.90. The van der Waals surface area contributed by atoms with Crippen molar-refractivity contribution in [3.8, 4) is 6.07 Å². The summed E-state index contributed by atoms with van der Waals surface area (Å²) in [6.45, 7) is 9.81. The monoisotopic (exact) mass is 222 g/mol. The van der Waals surface area contributed by atoms with Crippen LogP contribution in [0.2, 0.25) is 0 Å². The third-order valence-electron chi connectivity index (χ3n) is 4.15. The molecule has 0 aromatic rings. The number of nitrogens with zero attached hydrogens (tertiary/aromatic N) is 1. The molecule has 2 nitrogen and oxygen atoms in total. The van der Waals surface area contributed by atoms with Crippen LogP contribution in [0.5, 0.6) is 0 Å². The van der Waals surface area contributed by atoms with Gasteiger partial charge in [0.2, 0.25) is 0 Å². The molecule has 1 fully saturated rings. The summed E-state index contributed by atoms with van der Waals surface area (Å²) in [6.07, 6.45) is 4.79. The predicted octanol–water partition coefficient (Wildman–Crippen LogP) is 3.34. The maximum absolute atomic E-state index is 8.91. The predicted molar refractivity (Wildman–Crippen MR) is 68.0 cm³/mol. The Bertz CT molecular complexity index is 252. The number of rotatable bonds is 5. The quantitative estimate of drug-likeness (QED) is 0.724. The highest BCUT2D eigenvalue weighted by atomic mass is 14.9. The average molecular weight is 222 g/mol. The maximum atomic E-state index is 8.91. The standard InChI is InChI=1S/C14H26N2/c1-11-6-7-13(12(11)2)16-9-5-8-14(3,4)10-15/h11-13,16H,5-9H2,1-4H3. The lowest BCUT2D eigenvalue weighted by Crippen LogP contribution is -2.33. The van der Waals surface area contributed by atoms with E-state index < -0.39 is 0 Å². The molecule has 0 spiro atoms. The van der Waals surface area contributed by atoms with E-state index in [1.54, 1.807) is 0 Å². The van der Waals surface area contributed by atoms with Gasteiger partial charge in [0, 0.05) is 6.04 Å². The van der Waals surface area contributed by atoms with Gasteiger partial charge in [0.05, 0.1) is 11.5 Å². The molecule has 0 amide bonds. The van der Waals surface area contributed by atoms with Crippen LogP contribution in [-0.4, -0.2) is 12.6 Å². The van der Waals surface area contributed by atoms with Gasteiger partial charge >= 0.3 is 0 Å². The van der Waals surface area contributed by atoms with E-state index in [0.717, 1.165) is 31.2 Å². The minimum absolute atomic E-state index is 0.156. The van der Waals surface area contributed by atoms with Gasteiger partial charge in [-0.15, -0.1) is 0 Å². The number of hydrogen-bond donors (Lipinski definition) is 1. The first-order valence-corrected chi connectivity index (χ1v) is 6.61. The van der Waals surface area contributed by atoms with Gasteiger partial charge in [-0.25, -0.2) is 0 Å². The van der Waals surface area contributed by atoms with E-state index in [4.69, 9.17) is 5.26 Å². The largest absolute Gasteiger partial charge is 0.314 e. The van der Waals surface area contributed by atoms with E-state index in [-0.39, 0.29) is 5.41 Å². The second kappa shape index (κ2) is 5.68. The van der Waals surface area contributed by atoms with Crippen LogP contribution in [-0.2, 0) is 0 Å². The van der Waals surface area contributed by atoms with Gasteiger partial charge in [-0.05, 0) is 57.9 Å². The molecule has 3 unspecified atom stereocenters. The summed E-state index contributed by atoms with van der Waals surface area (Å²) in [4.78, 5) is 0. The Labute approximate surface area is 100 Å². The van der Waals surface area contributed by atoms with Crippen molar-refractivity contribution in [3.63, 3.8) is 0 Å². The van der Waals surface area contributed by atoms with Gasteiger partial charge in [0.25, 0.3) is 0 Å². The highest BCUT2D eigenvalue weighted by Crippen LogP contribution is 2.31. The van der Waals surface area contributed by atoms with Gasteiger partial charge in [-0.3, -0.25) is 0 Å². The Hall–Kier alpha value is -0.550. The molecule has 1 N–H and O–H groups in total. The fourth-order valence-corrected chi connectivity index (χ4v) is 2.53. The van der Waals surface area contributed by atoms with Crippen molar-refractivity contribution in [2.75, 3.05) is 6.54 Å². The second-order valence-corrected chi connectivity index (χ2v) is 6.07. The summed E-state index contributed by atoms with van der Waals surface area (Å²) in [5, 5.41) is 12.6. The highest BCUT2D eigenvalue weighted by molar-refractivity contribution is 4.91. The van der Waals surface area contributed by atoms with Crippen LogP contribution in [0.4, 0.5) is 0 Å². The summed E-state index contributed by atoms with van der Waals surface area (Å²) < 4.78 is 0. The van der Waals surface area contributed by atoms with E-state index in [0.29, 0.717) is 6.04 Å². The molecule has 92 valence electrons. The molecule has 0 bridgehead atoms. The van der Waals surface area contributed by atoms with E-state index in [1.807, 2.05) is 13.8 Å². The van der Waals surface area contributed by atoms with Gasteiger partial charge in [0.15, 0.2) is 0 Å². The first-order chi connectivity index (χ1) is 7.46. The van der Waals surface area contributed by atoms with E-state index in [1.165, 1.54) is 12.8 Å². The molecule has 1 aliphatic carbocycles. The number of hydrogen-bond acceptors (Lipinski definition) is 2. The van der Waals surface area contributed by atoms with Gasteiger partial charge < -0.3 is 5.32 Å². The third-order valence-corrected chi connectivity index (χ3v) is 4.15.